The van der Waals surface area contributed by atoms with Crippen molar-refractivity contribution in [3.8, 4) is 11.5 Å². The van der Waals surface area contributed by atoms with Crippen molar-refractivity contribution in [1.29, 1.82) is 0 Å². The zero-order valence-corrected chi connectivity index (χ0v) is 13.6. The van der Waals surface area contributed by atoms with Crippen molar-refractivity contribution in [2.24, 2.45) is 0 Å². The third-order valence-corrected chi connectivity index (χ3v) is 3.79. The second-order valence-electron chi connectivity index (χ2n) is 5.56. The summed E-state index contributed by atoms with van der Waals surface area (Å²) < 4.78 is 7.42. The summed E-state index contributed by atoms with van der Waals surface area (Å²) in [4.78, 5) is 0. The summed E-state index contributed by atoms with van der Waals surface area (Å²) in [6.07, 6.45) is 0. The standard InChI is InChI=1S/C18H16N6O/c1-13(19-17-11-12-18-20-22-23-24(18)21-17)15-9-5-6-10-16(15)25-14-7-3-2-4-8-14/h2-13H,1H3,(H,19,21)/t13-/m0/s1. The van der Waals surface area contributed by atoms with Crippen molar-refractivity contribution < 1.29 is 4.74 Å². The molecule has 1 atom stereocenters. The molecule has 25 heavy (non-hydrogen) atoms. The first-order valence-electron chi connectivity index (χ1n) is 7.93. The Bertz CT molecular complexity index is 985. The number of hydrogen-bond donors (Lipinski definition) is 1. The summed E-state index contributed by atoms with van der Waals surface area (Å²) in [6.45, 7) is 2.05. The lowest BCUT2D eigenvalue weighted by atomic mass is 10.1. The van der Waals surface area contributed by atoms with Crippen molar-refractivity contribution in [1.82, 2.24) is 25.3 Å². The van der Waals surface area contributed by atoms with Crippen LogP contribution in [0.2, 0.25) is 0 Å². The van der Waals surface area contributed by atoms with E-state index in [0.717, 1.165) is 17.1 Å². The fourth-order valence-corrected chi connectivity index (χ4v) is 2.57. The van der Waals surface area contributed by atoms with E-state index in [9.17, 15) is 0 Å². The minimum absolute atomic E-state index is 0.0126. The maximum Gasteiger partial charge on any atom is 0.200 e. The highest BCUT2D eigenvalue weighted by Gasteiger charge is 2.13. The van der Waals surface area contributed by atoms with Crippen LogP contribution in [0.1, 0.15) is 18.5 Å². The summed E-state index contributed by atoms with van der Waals surface area (Å²) in [7, 11) is 0. The zero-order valence-electron chi connectivity index (χ0n) is 13.6. The number of fused-ring (bicyclic) bond motifs is 1. The minimum atomic E-state index is -0.0126. The molecule has 4 rings (SSSR count). The van der Waals surface area contributed by atoms with Crippen LogP contribution in [0.5, 0.6) is 11.5 Å². The summed E-state index contributed by atoms with van der Waals surface area (Å²) in [5.74, 6) is 2.29. The Morgan fingerprint density at radius 1 is 0.960 bits per heavy atom. The Balaban J connectivity index is 1.58. The Labute approximate surface area is 144 Å². The number of ether oxygens (including phenoxy) is 1. The minimum Gasteiger partial charge on any atom is -0.457 e. The molecular weight excluding hydrogens is 316 g/mol. The van der Waals surface area contributed by atoms with Gasteiger partial charge in [0.25, 0.3) is 0 Å². The molecule has 4 aromatic rings. The molecule has 2 aromatic carbocycles. The van der Waals surface area contributed by atoms with Crippen molar-refractivity contribution in [3.05, 3.63) is 72.3 Å². The van der Waals surface area contributed by atoms with Gasteiger partial charge in [0.05, 0.1) is 6.04 Å². The number of rotatable bonds is 5. The zero-order chi connectivity index (χ0) is 17.1. The van der Waals surface area contributed by atoms with Gasteiger partial charge in [-0.1, -0.05) is 36.4 Å². The van der Waals surface area contributed by atoms with Crippen LogP contribution in [-0.4, -0.2) is 25.3 Å². The number of benzene rings is 2. The van der Waals surface area contributed by atoms with E-state index in [1.165, 1.54) is 4.63 Å². The van der Waals surface area contributed by atoms with Gasteiger partial charge in [0.2, 0.25) is 0 Å². The largest absolute Gasteiger partial charge is 0.457 e. The van der Waals surface area contributed by atoms with Crippen molar-refractivity contribution >= 4 is 11.5 Å². The quantitative estimate of drug-likeness (QED) is 0.603. The highest BCUT2D eigenvalue weighted by molar-refractivity contribution is 5.46. The second-order valence-corrected chi connectivity index (χ2v) is 5.56. The normalized spacial score (nSPS) is 12.0. The topological polar surface area (TPSA) is 77.2 Å². The first-order valence-corrected chi connectivity index (χ1v) is 7.93. The molecule has 0 saturated heterocycles. The number of nitrogens with zero attached hydrogens (tertiary/aromatic N) is 5. The number of nitrogens with one attached hydrogen (secondary N) is 1. The molecule has 0 bridgehead atoms. The van der Waals surface area contributed by atoms with Crippen LogP contribution in [0, 0.1) is 0 Å². The molecule has 0 saturated carbocycles. The second kappa shape index (κ2) is 6.56. The van der Waals surface area contributed by atoms with E-state index in [1.807, 2.05) is 66.7 Å². The number of anilines is 1. The molecular formula is C18H16N6O. The van der Waals surface area contributed by atoms with Crippen molar-refractivity contribution in [2.45, 2.75) is 13.0 Å². The van der Waals surface area contributed by atoms with Gasteiger partial charge < -0.3 is 10.1 Å². The van der Waals surface area contributed by atoms with E-state index in [2.05, 4.69) is 32.9 Å². The lowest BCUT2D eigenvalue weighted by molar-refractivity contribution is 0.473. The number of para-hydroxylation sites is 2. The summed E-state index contributed by atoms with van der Waals surface area (Å²) in [5.41, 5.74) is 1.64. The Morgan fingerprint density at radius 3 is 2.64 bits per heavy atom. The van der Waals surface area contributed by atoms with Gasteiger partial charge in [0, 0.05) is 5.56 Å². The summed E-state index contributed by atoms with van der Waals surface area (Å²) in [5, 5.41) is 19.0. The monoisotopic (exact) mass is 332 g/mol. The first kappa shape index (κ1) is 15.1. The van der Waals surface area contributed by atoms with Gasteiger partial charge in [0.1, 0.15) is 17.3 Å². The molecule has 0 spiro atoms. The molecule has 0 fully saturated rings. The molecule has 0 aliphatic carbocycles. The molecule has 2 heterocycles. The van der Waals surface area contributed by atoms with Gasteiger partial charge in [0.15, 0.2) is 5.65 Å². The molecule has 0 amide bonds. The van der Waals surface area contributed by atoms with Gasteiger partial charge in [-0.05, 0) is 47.7 Å². The molecule has 0 unspecified atom stereocenters. The SMILES string of the molecule is C[C@H](Nc1ccc2nnnn2n1)c1ccccc1Oc1ccccc1. The van der Waals surface area contributed by atoms with Gasteiger partial charge >= 0.3 is 0 Å². The molecule has 0 radical (unpaired) electrons. The summed E-state index contributed by atoms with van der Waals surface area (Å²) >= 11 is 0. The van der Waals surface area contributed by atoms with Crippen LogP contribution < -0.4 is 10.1 Å². The van der Waals surface area contributed by atoms with E-state index in [0.29, 0.717) is 11.5 Å². The maximum absolute atomic E-state index is 6.03. The van der Waals surface area contributed by atoms with Crippen LogP contribution in [0.15, 0.2) is 66.7 Å². The fourth-order valence-electron chi connectivity index (χ4n) is 2.57. The predicted octanol–water partition coefficient (Wildman–Crippen LogP) is 3.48. The van der Waals surface area contributed by atoms with Crippen LogP contribution in [0.3, 0.4) is 0 Å². The van der Waals surface area contributed by atoms with Crippen LogP contribution >= 0.6 is 0 Å². The molecule has 2 aromatic heterocycles. The van der Waals surface area contributed by atoms with Gasteiger partial charge in [-0.3, -0.25) is 0 Å². The average Bonchev–Trinajstić information content (AvgIpc) is 3.11. The van der Waals surface area contributed by atoms with Crippen molar-refractivity contribution in [3.63, 3.8) is 0 Å². The summed E-state index contributed by atoms with van der Waals surface area (Å²) in [6, 6.07) is 21.3. The Morgan fingerprint density at radius 2 is 1.76 bits per heavy atom. The first-order chi connectivity index (χ1) is 12.3. The molecule has 0 aliphatic heterocycles. The van der Waals surface area contributed by atoms with Gasteiger partial charge in [-0.25, -0.2) is 0 Å². The fraction of sp³-hybridized carbons (Fsp3) is 0.111. The van der Waals surface area contributed by atoms with E-state index >= 15 is 0 Å². The van der Waals surface area contributed by atoms with Crippen LogP contribution in [0.4, 0.5) is 5.82 Å². The Kier molecular flexibility index (Phi) is 3.96. The molecule has 1 N–H and O–H groups in total. The highest BCUT2D eigenvalue weighted by Crippen LogP contribution is 2.30. The predicted molar refractivity (Wildman–Crippen MR) is 93.6 cm³/mol. The smallest absolute Gasteiger partial charge is 0.200 e. The third-order valence-electron chi connectivity index (χ3n) is 3.79. The Hall–Kier alpha value is -3.48. The molecule has 124 valence electrons. The average molecular weight is 332 g/mol. The highest BCUT2D eigenvalue weighted by atomic mass is 16.5. The maximum atomic E-state index is 6.03. The van der Waals surface area contributed by atoms with E-state index in [4.69, 9.17) is 4.74 Å². The number of tetrazole rings is 1. The van der Waals surface area contributed by atoms with Crippen LogP contribution in [-0.2, 0) is 0 Å². The van der Waals surface area contributed by atoms with Crippen molar-refractivity contribution in [2.75, 3.05) is 5.32 Å². The van der Waals surface area contributed by atoms with Gasteiger partial charge in [-0.2, -0.15) is 0 Å². The number of aromatic nitrogens is 5. The lowest BCUT2D eigenvalue weighted by Gasteiger charge is -2.18. The number of hydrogen-bond acceptors (Lipinski definition) is 6. The molecule has 7 nitrogen and oxygen atoms in total. The lowest BCUT2D eigenvalue weighted by Crippen LogP contribution is -2.10. The third kappa shape index (κ3) is 3.25. The van der Waals surface area contributed by atoms with Gasteiger partial charge in [-0.15, -0.1) is 14.8 Å². The molecule has 0 aliphatic rings. The van der Waals surface area contributed by atoms with Crippen LogP contribution in [0.25, 0.3) is 5.65 Å². The van der Waals surface area contributed by atoms with E-state index in [-0.39, 0.29) is 6.04 Å². The van der Waals surface area contributed by atoms with E-state index in [1.54, 1.807) is 0 Å². The van der Waals surface area contributed by atoms with E-state index < -0.39 is 0 Å². The molecule has 7 heteroatoms.